The van der Waals surface area contributed by atoms with Crippen LogP contribution in [0, 0.1) is 17.2 Å². The van der Waals surface area contributed by atoms with Crippen LogP contribution in [-0.4, -0.2) is 73.2 Å². The third kappa shape index (κ3) is 5.32. The number of sulfonamides is 1. The molecule has 0 saturated carbocycles. The summed E-state index contributed by atoms with van der Waals surface area (Å²) < 4.78 is 28.7. The van der Waals surface area contributed by atoms with Gasteiger partial charge in [0.25, 0.3) is 5.91 Å². The van der Waals surface area contributed by atoms with Gasteiger partial charge in [-0.15, -0.1) is 11.3 Å². The highest BCUT2D eigenvalue weighted by atomic mass is 32.2. The quantitative estimate of drug-likeness (QED) is 0.391. The molecule has 0 bridgehead atoms. The van der Waals surface area contributed by atoms with E-state index in [4.69, 9.17) is 0 Å². The fourth-order valence-corrected chi connectivity index (χ4v) is 7.65. The third-order valence-electron chi connectivity index (χ3n) is 7.81. The van der Waals surface area contributed by atoms with E-state index in [0.29, 0.717) is 17.8 Å². The molecule has 3 amide bonds. The van der Waals surface area contributed by atoms with Crippen molar-refractivity contribution in [2.75, 3.05) is 19.6 Å². The number of thiophene rings is 1. The third-order valence-corrected chi connectivity index (χ3v) is 10.4. The molecule has 2 aromatic carbocycles. The molecule has 3 atom stereocenters. The number of fused-ring (bicyclic) bond motifs is 2. The maximum Gasteiger partial charge on any atom is 0.262 e. The van der Waals surface area contributed by atoms with Crippen LogP contribution in [0.3, 0.4) is 0 Å². The molecule has 12 heteroatoms. The Balaban J connectivity index is 1.21. The van der Waals surface area contributed by atoms with E-state index < -0.39 is 34.1 Å². The highest BCUT2D eigenvalue weighted by Crippen LogP contribution is 2.44. The lowest BCUT2D eigenvalue weighted by Crippen LogP contribution is -2.88. The molecule has 0 aliphatic carbocycles. The number of benzene rings is 2. The fourth-order valence-electron chi connectivity index (χ4n) is 5.55. The van der Waals surface area contributed by atoms with Crippen molar-refractivity contribution >= 4 is 49.2 Å². The van der Waals surface area contributed by atoms with Crippen molar-refractivity contribution in [3.05, 3.63) is 65.0 Å². The molecule has 2 unspecified atom stereocenters. The van der Waals surface area contributed by atoms with Crippen molar-refractivity contribution in [2.24, 2.45) is 5.92 Å². The van der Waals surface area contributed by atoms with Gasteiger partial charge in [0.1, 0.15) is 12.1 Å². The van der Waals surface area contributed by atoms with Crippen LogP contribution in [0.2, 0.25) is 0 Å². The number of nitrogens with one attached hydrogen (secondary N) is 2. The maximum absolute atomic E-state index is 13.6. The maximum atomic E-state index is 13.6. The van der Waals surface area contributed by atoms with Crippen molar-refractivity contribution in [3.8, 4) is 6.07 Å². The van der Waals surface area contributed by atoms with Crippen LogP contribution in [0.15, 0.2) is 59.5 Å². The summed E-state index contributed by atoms with van der Waals surface area (Å²) in [5.74, 6) is -0.722. The van der Waals surface area contributed by atoms with E-state index in [2.05, 4.69) is 10.0 Å². The largest absolute Gasteiger partial charge is 0.340 e. The predicted molar refractivity (Wildman–Crippen MR) is 154 cm³/mol. The second kappa shape index (κ2) is 10.9. The summed E-state index contributed by atoms with van der Waals surface area (Å²) in [6.45, 7) is 5.99. The first-order valence-electron chi connectivity index (χ1n) is 13.3. The van der Waals surface area contributed by atoms with Crippen molar-refractivity contribution < 1.29 is 22.8 Å². The normalized spacial score (nSPS) is 20.5. The van der Waals surface area contributed by atoms with Gasteiger partial charge in [0.2, 0.25) is 21.8 Å². The summed E-state index contributed by atoms with van der Waals surface area (Å²) in [7, 11) is -4.06. The SMILES string of the molecule is CC(C)CC(NC(=O)c1cc2ccccc2s1)C(=O)N1C[C@H]2N(C(=O)CNS(=O)(=O)c3ccccc3C#N)CC21C. The number of amides is 3. The lowest BCUT2D eigenvalue weighted by atomic mass is 9.71. The first-order chi connectivity index (χ1) is 19.4. The van der Waals surface area contributed by atoms with Crippen LogP contribution >= 0.6 is 11.3 Å². The average Bonchev–Trinajstić information content (AvgIpc) is 3.39. The van der Waals surface area contributed by atoms with Gasteiger partial charge in [-0.1, -0.05) is 44.2 Å². The van der Waals surface area contributed by atoms with Crippen LogP contribution in [-0.2, 0) is 19.6 Å². The molecule has 2 aliphatic rings. The average molecular weight is 594 g/mol. The minimum absolute atomic E-state index is 0.00693. The summed E-state index contributed by atoms with van der Waals surface area (Å²) in [6, 6.07) is 16.2. The smallest absolute Gasteiger partial charge is 0.262 e. The van der Waals surface area contributed by atoms with Crippen LogP contribution in [0.1, 0.15) is 42.4 Å². The van der Waals surface area contributed by atoms with Gasteiger partial charge in [0, 0.05) is 17.8 Å². The highest BCUT2D eigenvalue weighted by molar-refractivity contribution is 7.89. The number of carbonyl (C=O) groups excluding carboxylic acids is 3. The Labute approximate surface area is 243 Å². The zero-order valence-electron chi connectivity index (χ0n) is 23.0. The monoisotopic (exact) mass is 593 g/mol. The number of nitrogens with zero attached hydrogens (tertiary/aromatic N) is 3. The lowest BCUT2D eigenvalue weighted by Gasteiger charge is -2.69. The molecule has 41 heavy (non-hydrogen) atoms. The molecule has 2 aliphatic heterocycles. The van der Waals surface area contributed by atoms with Gasteiger partial charge in [-0.3, -0.25) is 14.4 Å². The van der Waals surface area contributed by atoms with Crippen LogP contribution in [0.5, 0.6) is 0 Å². The summed E-state index contributed by atoms with van der Waals surface area (Å²) >= 11 is 1.38. The van der Waals surface area contributed by atoms with Gasteiger partial charge in [-0.2, -0.15) is 5.26 Å². The van der Waals surface area contributed by atoms with Crippen molar-refractivity contribution in [3.63, 3.8) is 0 Å². The first-order valence-corrected chi connectivity index (χ1v) is 15.6. The summed E-state index contributed by atoms with van der Waals surface area (Å²) in [4.78, 5) is 43.3. The van der Waals surface area contributed by atoms with Gasteiger partial charge < -0.3 is 15.1 Å². The standard InChI is InChI=1S/C29H31N5O5S2/c1-18(2)12-21(32-27(36)23-13-19-8-4-6-10-22(19)40-23)28(37)34-16-25-29(34,3)17-33(25)26(35)15-31-41(38,39)24-11-7-5-9-20(24)14-30/h4-11,13,18,21,25,31H,12,15-17H2,1-3H3,(H,32,36)/t21?,25-,29?/m1/s1. The Kier molecular flexibility index (Phi) is 7.63. The Morgan fingerprint density at radius 3 is 2.51 bits per heavy atom. The topological polar surface area (TPSA) is 140 Å². The molecule has 3 aromatic rings. The number of nitriles is 1. The van der Waals surface area contributed by atoms with E-state index in [9.17, 15) is 28.1 Å². The molecule has 2 fully saturated rings. The van der Waals surface area contributed by atoms with E-state index in [1.165, 1.54) is 29.5 Å². The molecule has 1 aromatic heterocycles. The van der Waals surface area contributed by atoms with Gasteiger partial charge in [-0.05, 0) is 48.9 Å². The van der Waals surface area contributed by atoms with E-state index in [0.717, 1.165) is 10.1 Å². The van der Waals surface area contributed by atoms with Crippen molar-refractivity contribution in [1.29, 1.82) is 5.26 Å². The minimum atomic E-state index is -4.06. The van der Waals surface area contributed by atoms with Crippen molar-refractivity contribution in [2.45, 2.75) is 49.7 Å². The second-order valence-electron chi connectivity index (χ2n) is 11.1. The Morgan fingerprint density at radius 2 is 1.85 bits per heavy atom. The number of hydrogen-bond acceptors (Lipinski definition) is 7. The predicted octanol–water partition coefficient (Wildman–Crippen LogP) is 2.71. The van der Waals surface area contributed by atoms with Gasteiger partial charge in [0.05, 0.1) is 33.5 Å². The second-order valence-corrected chi connectivity index (χ2v) is 13.9. The Bertz CT molecular complexity index is 1640. The van der Waals surface area contributed by atoms with E-state index >= 15 is 0 Å². The molecule has 2 N–H and O–H groups in total. The summed E-state index contributed by atoms with van der Waals surface area (Å²) in [6.07, 6.45) is 0.474. The molecule has 5 rings (SSSR count). The number of piperazine rings is 1. The number of likely N-dealkylation sites (tertiary alicyclic amines) is 2. The van der Waals surface area contributed by atoms with Gasteiger partial charge in [0.15, 0.2) is 0 Å². The van der Waals surface area contributed by atoms with Crippen LogP contribution in [0.4, 0.5) is 0 Å². The van der Waals surface area contributed by atoms with E-state index in [1.54, 1.807) is 15.9 Å². The molecule has 3 heterocycles. The van der Waals surface area contributed by atoms with E-state index in [-0.39, 0.29) is 40.8 Å². The lowest BCUT2D eigenvalue weighted by molar-refractivity contribution is -0.205. The van der Waals surface area contributed by atoms with Gasteiger partial charge >= 0.3 is 0 Å². The molecular formula is C29H31N5O5S2. The molecule has 2 saturated heterocycles. The Morgan fingerprint density at radius 1 is 1.15 bits per heavy atom. The Hall–Kier alpha value is -3.79. The number of carbonyl (C=O) groups is 3. The number of hydrogen-bond donors (Lipinski definition) is 2. The zero-order chi connectivity index (χ0) is 29.5. The molecular weight excluding hydrogens is 562 g/mol. The highest BCUT2D eigenvalue weighted by Gasteiger charge is 2.64. The molecule has 0 spiro atoms. The van der Waals surface area contributed by atoms with E-state index in [1.807, 2.05) is 57.2 Å². The molecule has 10 nitrogen and oxygen atoms in total. The molecule has 0 radical (unpaired) electrons. The van der Waals surface area contributed by atoms with Crippen LogP contribution in [0.25, 0.3) is 10.1 Å². The number of rotatable bonds is 9. The molecule has 214 valence electrons. The van der Waals surface area contributed by atoms with Crippen molar-refractivity contribution in [1.82, 2.24) is 19.8 Å². The van der Waals surface area contributed by atoms with Crippen LogP contribution < -0.4 is 10.0 Å². The fraction of sp³-hybridized carbons (Fsp3) is 0.379. The zero-order valence-corrected chi connectivity index (χ0v) is 24.6. The minimum Gasteiger partial charge on any atom is -0.340 e. The first kappa shape index (κ1) is 28.7. The summed E-state index contributed by atoms with van der Waals surface area (Å²) in [5, 5.41) is 13.1. The summed E-state index contributed by atoms with van der Waals surface area (Å²) in [5.41, 5.74) is -0.594. The van der Waals surface area contributed by atoms with Gasteiger partial charge in [-0.25, -0.2) is 13.1 Å².